The van der Waals surface area contributed by atoms with Crippen LogP contribution in [0.15, 0.2) is 46.3 Å². The van der Waals surface area contributed by atoms with Gasteiger partial charge in [0.1, 0.15) is 17.5 Å². The Kier molecular flexibility index (Phi) is 4.16. The van der Waals surface area contributed by atoms with Crippen molar-refractivity contribution >= 4 is 44.7 Å². The zero-order valence-corrected chi connectivity index (χ0v) is 14.3. The van der Waals surface area contributed by atoms with Crippen LogP contribution in [0.2, 0.25) is 5.02 Å². The molecule has 0 unspecified atom stereocenters. The van der Waals surface area contributed by atoms with Crippen molar-refractivity contribution < 1.29 is 0 Å². The molecule has 108 valence electrons. The lowest BCUT2D eigenvalue weighted by atomic mass is 10.0. The number of nitrogens with two attached hydrogens (primary N) is 1. The molecule has 0 saturated carbocycles. The predicted octanol–water partition coefficient (Wildman–Crippen LogP) is 5.35. The first-order valence-electron chi connectivity index (χ1n) is 6.30. The van der Waals surface area contributed by atoms with E-state index in [1.54, 1.807) is 6.07 Å². The normalized spacial score (nSPS) is 10.4. The smallest absolute Gasteiger partial charge is 0.142 e. The third-order valence-corrected chi connectivity index (χ3v) is 5.20. The Hall–Kier alpha value is -1.87. The van der Waals surface area contributed by atoms with Crippen molar-refractivity contribution in [1.82, 2.24) is 4.98 Å². The summed E-state index contributed by atoms with van der Waals surface area (Å²) in [7, 11) is 0. The van der Waals surface area contributed by atoms with Crippen LogP contribution in [0.1, 0.15) is 5.56 Å². The van der Waals surface area contributed by atoms with Gasteiger partial charge in [0.05, 0.1) is 5.69 Å². The number of nitrogens with zero attached hydrogens (tertiary/aromatic N) is 2. The number of anilines is 1. The molecule has 0 saturated heterocycles. The van der Waals surface area contributed by atoms with Crippen molar-refractivity contribution in [2.75, 3.05) is 5.73 Å². The number of nitrogen functional groups attached to an aromatic ring is 1. The van der Waals surface area contributed by atoms with Gasteiger partial charge in [-0.25, -0.2) is 4.98 Å². The average Bonchev–Trinajstić information content (AvgIpc) is 2.93. The minimum absolute atomic E-state index is 0.208. The summed E-state index contributed by atoms with van der Waals surface area (Å²) in [6.45, 7) is 0. The summed E-state index contributed by atoms with van der Waals surface area (Å²) in [6, 6.07) is 13.4. The Morgan fingerprint density at radius 3 is 2.64 bits per heavy atom. The van der Waals surface area contributed by atoms with E-state index in [1.165, 1.54) is 11.3 Å². The van der Waals surface area contributed by atoms with Crippen LogP contribution in [-0.4, -0.2) is 4.98 Å². The van der Waals surface area contributed by atoms with E-state index in [0.29, 0.717) is 16.3 Å². The van der Waals surface area contributed by atoms with Crippen LogP contribution in [0, 0.1) is 11.3 Å². The molecule has 1 aromatic carbocycles. The molecule has 0 aliphatic carbocycles. The first kappa shape index (κ1) is 15.0. The van der Waals surface area contributed by atoms with Crippen molar-refractivity contribution in [3.05, 3.63) is 56.8 Å². The zero-order chi connectivity index (χ0) is 15.7. The van der Waals surface area contributed by atoms with E-state index in [4.69, 9.17) is 17.3 Å². The van der Waals surface area contributed by atoms with Crippen molar-refractivity contribution in [3.8, 4) is 27.8 Å². The van der Waals surface area contributed by atoms with Crippen LogP contribution in [0.25, 0.3) is 21.7 Å². The van der Waals surface area contributed by atoms with Gasteiger partial charge in [-0.1, -0.05) is 29.8 Å². The average molecular weight is 391 g/mol. The second-order valence-corrected chi connectivity index (χ2v) is 6.77. The lowest BCUT2D eigenvalue weighted by Crippen LogP contribution is -1.99. The van der Waals surface area contributed by atoms with Gasteiger partial charge in [0.25, 0.3) is 0 Å². The monoisotopic (exact) mass is 389 g/mol. The number of rotatable bonds is 2. The Labute approximate surface area is 145 Å². The highest BCUT2D eigenvalue weighted by molar-refractivity contribution is 9.10. The number of hydrogen-bond donors (Lipinski definition) is 1. The van der Waals surface area contributed by atoms with Gasteiger partial charge >= 0.3 is 0 Å². The maximum absolute atomic E-state index is 9.38. The maximum atomic E-state index is 9.38. The summed E-state index contributed by atoms with van der Waals surface area (Å²) in [4.78, 5) is 5.28. The third kappa shape index (κ3) is 2.73. The number of hydrogen-bond acceptors (Lipinski definition) is 4. The molecule has 0 fully saturated rings. The molecular formula is C16H9BrClN3S. The second kappa shape index (κ2) is 6.09. The molecule has 6 heteroatoms. The van der Waals surface area contributed by atoms with E-state index in [2.05, 4.69) is 27.0 Å². The van der Waals surface area contributed by atoms with Crippen LogP contribution in [0.3, 0.4) is 0 Å². The van der Waals surface area contributed by atoms with E-state index in [0.717, 1.165) is 20.5 Å². The Balaban J connectivity index is 2.26. The van der Waals surface area contributed by atoms with Crippen LogP contribution < -0.4 is 5.73 Å². The first-order chi connectivity index (χ1) is 10.6. The van der Waals surface area contributed by atoms with Crippen molar-refractivity contribution in [1.29, 1.82) is 5.26 Å². The van der Waals surface area contributed by atoms with E-state index in [1.807, 2.05) is 35.7 Å². The minimum Gasteiger partial charge on any atom is -0.383 e. The molecule has 0 aliphatic heterocycles. The highest BCUT2D eigenvalue weighted by atomic mass is 79.9. The van der Waals surface area contributed by atoms with Gasteiger partial charge < -0.3 is 5.73 Å². The fraction of sp³-hybridized carbons (Fsp3) is 0. The molecule has 0 bridgehead atoms. The second-order valence-electron chi connectivity index (χ2n) is 4.54. The summed E-state index contributed by atoms with van der Waals surface area (Å²) >= 11 is 11.2. The lowest BCUT2D eigenvalue weighted by molar-refractivity contribution is 1.31. The molecule has 0 aliphatic rings. The number of nitriles is 1. The van der Waals surface area contributed by atoms with Crippen LogP contribution >= 0.6 is 38.9 Å². The van der Waals surface area contributed by atoms with Gasteiger partial charge in [0.15, 0.2) is 0 Å². The maximum Gasteiger partial charge on any atom is 0.142 e. The molecule has 0 atom stereocenters. The fourth-order valence-corrected chi connectivity index (χ4v) is 3.82. The molecule has 2 heterocycles. The van der Waals surface area contributed by atoms with Gasteiger partial charge in [0, 0.05) is 30.9 Å². The Morgan fingerprint density at radius 1 is 1.23 bits per heavy atom. The van der Waals surface area contributed by atoms with E-state index in [9.17, 15) is 5.26 Å². The minimum atomic E-state index is 0.208. The van der Waals surface area contributed by atoms with Gasteiger partial charge in [-0.3, -0.25) is 0 Å². The standard InChI is InChI=1S/C16H9BrClN3S/c17-9-5-15(22-8-9)11-6-14(21-16(20)12(11)7-19)10-3-1-2-4-13(10)18/h1-6,8H,(H2,20,21). The Bertz CT molecular complexity index is 899. The van der Waals surface area contributed by atoms with E-state index >= 15 is 0 Å². The number of pyridine rings is 1. The molecule has 3 rings (SSSR count). The van der Waals surface area contributed by atoms with Crippen LogP contribution in [0.5, 0.6) is 0 Å². The fourth-order valence-electron chi connectivity index (χ4n) is 2.14. The van der Waals surface area contributed by atoms with Crippen molar-refractivity contribution in [2.45, 2.75) is 0 Å². The molecule has 2 N–H and O–H groups in total. The lowest BCUT2D eigenvalue weighted by Gasteiger charge is -2.09. The summed E-state index contributed by atoms with van der Waals surface area (Å²) < 4.78 is 0.964. The molecular weight excluding hydrogens is 382 g/mol. The molecule has 3 aromatic rings. The molecule has 22 heavy (non-hydrogen) atoms. The summed E-state index contributed by atoms with van der Waals surface area (Å²) in [5.74, 6) is 0.208. The molecule has 3 nitrogen and oxygen atoms in total. The zero-order valence-electron chi connectivity index (χ0n) is 11.2. The largest absolute Gasteiger partial charge is 0.383 e. The summed E-state index contributed by atoms with van der Waals surface area (Å²) in [6.07, 6.45) is 0. The SMILES string of the molecule is N#Cc1c(-c2cc(Br)cs2)cc(-c2ccccc2Cl)nc1N. The van der Waals surface area contributed by atoms with Gasteiger partial charge in [-0.2, -0.15) is 5.26 Å². The van der Waals surface area contributed by atoms with Crippen LogP contribution in [0.4, 0.5) is 5.82 Å². The summed E-state index contributed by atoms with van der Waals surface area (Å²) in [5.41, 5.74) is 8.57. The van der Waals surface area contributed by atoms with Crippen LogP contribution in [-0.2, 0) is 0 Å². The topological polar surface area (TPSA) is 62.7 Å². The van der Waals surface area contributed by atoms with Crippen molar-refractivity contribution in [3.63, 3.8) is 0 Å². The number of thiophene rings is 1. The van der Waals surface area contributed by atoms with Gasteiger partial charge in [0.2, 0.25) is 0 Å². The highest BCUT2D eigenvalue weighted by Gasteiger charge is 2.15. The molecule has 0 amide bonds. The molecule has 0 radical (unpaired) electrons. The Morgan fingerprint density at radius 2 is 2.00 bits per heavy atom. The number of halogens is 2. The van der Waals surface area contributed by atoms with Crippen molar-refractivity contribution in [2.24, 2.45) is 0 Å². The van der Waals surface area contributed by atoms with E-state index < -0.39 is 0 Å². The quantitative estimate of drug-likeness (QED) is 0.642. The first-order valence-corrected chi connectivity index (χ1v) is 8.35. The van der Waals surface area contributed by atoms with E-state index in [-0.39, 0.29) is 5.82 Å². The van der Waals surface area contributed by atoms with Gasteiger partial charge in [-0.05, 0) is 34.1 Å². The third-order valence-electron chi connectivity index (χ3n) is 3.14. The highest BCUT2D eigenvalue weighted by Crippen LogP contribution is 2.37. The number of aromatic nitrogens is 1. The van der Waals surface area contributed by atoms with Gasteiger partial charge in [-0.15, -0.1) is 11.3 Å². The molecule has 0 spiro atoms. The predicted molar refractivity (Wildman–Crippen MR) is 94.8 cm³/mol. The number of benzene rings is 1. The summed E-state index contributed by atoms with van der Waals surface area (Å²) in [5, 5.41) is 11.9. The molecule has 2 aromatic heterocycles.